The number of nitrogens with zero attached hydrogens (tertiary/aromatic N) is 1. The van der Waals surface area contributed by atoms with Crippen LogP contribution in [-0.4, -0.2) is 24.4 Å². The van der Waals surface area contributed by atoms with Crippen molar-refractivity contribution in [2.24, 2.45) is 0 Å². The van der Waals surface area contributed by atoms with Crippen molar-refractivity contribution in [2.75, 3.05) is 13.6 Å². The number of rotatable bonds is 3. The maximum atomic E-state index is 13.4. The van der Waals surface area contributed by atoms with Gasteiger partial charge in [-0.15, -0.1) is 6.58 Å². The molecule has 0 aromatic heterocycles. The maximum absolute atomic E-state index is 13.4. The van der Waals surface area contributed by atoms with Gasteiger partial charge in [0.05, 0.1) is 5.56 Å². The second kappa shape index (κ2) is 5.07. The highest BCUT2D eigenvalue weighted by molar-refractivity contribution is 9.10. The number of hydrogen-bond acceptors (Lipinski definition) is 1. The minimum absolute atomic E-state index is 0.0573. The first kappa shape index (κ1) is 11.9. The molecule has 0 fully saturated rings. The van der Waals surface area contributed by atoms with Crippen LogP contribution in [-0.2, 0) is 0 Å². The van der Waals surface area contributed by atoms with Crippen LogP contribution in [0.4, 0.5) is 4.39 Å². The van der Waals surface area contributed by atoms with Crippen LogP contribution in [0.25, 0.3) is 0 Å². The Balaban J connectivity index is 3.05. The number of hydrogen-bond donors (Lipinski definition) is 0. The van der Waals surface area contributed by atoms with Crippen LogP contribution < -0.4 is 0 Å². The zero-order valence-electron chi connectivity index (χ0n) is 8.34. The second-order valence-corrected chi connectivity index (χ2v) is 3.93. The number of benzene rings is 1. The zero-order valence-corrected chi connectivity index (χ0v) is 9.92. The first-order valence-electron chi connectivity index (χ1n) is 4.38. The lowest BCUT2D eigenvalue weighted by molar-refractivity contribution is 0.0804. The number of carbonyl (C=O) groups excluding carboxylic acids is 1. The van der Waals surface area contributed by atoms with Crippen LogP contribution in [0.3, 0.4) is 0 Å². The van der Waals surface area contributed by atoms with Crippen molar-refractivity contribution < 1.29 is 9.18 Å². The van der Waals surface area contributed by atoms with Crippen LogP contribution in [0.1, 0.15) is 10.4 Å². The molecule has 0 saturated carbocycles. The minimum Gasteiger partial charge on any atom is -0.338 e. The van der Waals surface area contributed by atoms with Gasteiger partial charge in [-0.2, -0.15) is 0 Å². The highest BCUT2D eigenvalue weighted by Gasteiger charge is 2.18. The summed E-state index contributed by atoms with van der Waals surface area (Å²) in [7, 11) is 1.60. The van der Waals surface area contributed by atoms with E-state index in [9.17, 15) is 9.18 Å². The highest BCUT2D eigenvalue weighted by atomic mass is 79.9. The van der Waals surface area contributed by atoms with Crippen molar-refractivity contribution in [1.29, 1.82) is 0 Å². The Hall–Kier alpha value is -1.16. The van der Waals surface area contributed by atoms with Gasteiger partial charge >= 0.3 is 0 Å². The lowest BCUT2D eigenvalue weighted by Gasteiger charge is -2.16. The van der Waals surface area contributed by atoms with Crippen LogP contribution in [0.15, 0.2) is 35.3 Å². The third-order valence-electron chi connectivity index (χ3n) is 1.93. The van der Waals surface area contributed by atoms with E-state index in [1.54, 1.807) is 25.3 Å². The van der Waals surface area contributed by atoms with Gasteiger partial charge in [0.25, 0.3) is 5.91 Å². The molecule has 0 bridgehead atoms. The van der Waals surface area contributed by atoms with Crippen molar-refractivity contribution in [1.82, 2.24) is 4.90 Å². The molecule has 80 valence electrons. The summed E-state index contributed by atoms with van der Waals surface area (Å²) in [5.74, 6) is -0.884. The lowest BCUT2D eigenvalue weighted by atomic mass is 10.2. The molecule has 0 unspecified atom stereocenters. The van der Waals surface area contributed by atoms with Gasteiger partial charge < -0.3 is 4.90 Å². The van der Waals surface area contributed by atoms with E-state index in [-0.39, 0.29) is 11.5 Å². The SMILES string of the molecule is C=CCN(C)C(=O)c1c(F)cccc1Br. The molecule has 1 amide bonds. The Kier molecular flexibility index (Phi) is 4.03. The van der Waals surface area contributed by atoms with E-state index in [1.807, 2.05) is 0 Å². The van der Waals surface area contributed by atoms with Crippen LogP contribution in [0.2, 0.25) is 0 Å². The summed E-state index contributed by atoms with van der Waals surface area (Å²) in [5.41, 5.74) is 0.0573. The fraction of sp³-hybridized carbons (Fsp3) is 0.182. The number of amides is 1. The van der Waals surface area contributed by atoms with E-state index in [1.165, 1.54) is 11.0 Å². The van der Waals surface area contributed by atoms with E-state index in [4.69, 9.17) is 0 Å². The van der Waals surface area contributed by atoms with E-state index in [0.717, 1.165) is 0 Å². The van der Waals surface area contributed by atoms with Crippen LogP contribution in [0, 0.1) is 5.82 Å². The molecule has 0 spiro atoms. The number of likely N-dealkylation sites (N-methyl/N-ethyl adjacent to an activating group) is 1. The third-order valence-corrected chi connectivity index (χ3v) is 2.59. The Morgan fingerprint density at radius 3 is 2.87 bits per heavy atom. The normalized spacial score (nSPS) is 9.80. The Labute approximate surface area is 96.5 Å². The topological polar surface area (TPSA) is 20.3 Å². The van der Waals surface area contributed by atoms with Gasteiger partial charge in [0.1, 0.15) is 5.82 Å². The standard InChI is InChI=1S/C11H11BrFNO/c1-3-7-14(2)11(15)10-8(12)5-4-6-9(10)13/h3-6H,1,7H2,2H3. The Morgan fingerprint density at radius 2 is 2.33 bits per heavy atom. The molecule has 1 aromatic rings. The molecule has 15 heavy (non-hydrogen) atoms. The molecular formula is C11H11BrFNO. The molecule has 0 N–H and O–H groups in total. The van der Waals surface area contributed by atoms with Gasteiger partial charge in [0, 0.05) is 18.1 Å². The number of carbonyl (C=O) groups is 1. The Bertz CT molecular complexity index is 372. The molecule has 0 saturated heterocycles. The quantitative estimate of drug-likeness (QED) is 0.775. The summed E-state index contributed by atoms with van der Waals surface area (Å²) < 4.78 is 13.9. The second-order valence-electron chi connectivity index (χ2n) is 3.07. The minimum atomic E-state index is -0.523. The fourth-order valence-corrected chi connectivity index (χ4v) is 1.68. The average Bonchev–Trinajstić information content (AvgIpc) is 2.17. The molecule has 4 heteroatoms. The average molecular weight is 272 g/mol. The van der Waals surface area contributed by atoms with Crippen molar-refractivity contribution in [3.63, 3.8) is 0 Å². The summed E-state index contributed by atoms with van der Waals surface area (Å²) >= 11 is 3.15. The van der Waals surface area contributed by atoms with Gasteiger partial charge in [0.15, 0.2) is 0 Å². The first-order valence-corrected chi connectivity index (χ1v) is 5.17. The summed E-state index contributed by atoms with van der Waals surface area (Å²) in [6.45, 7) is 3.91. The van der Waals surface area contributed by atoms with Gasteiger partial charge in [0.2, 0.25) is 0 Å². The van der Waals surface area contributed by atoms with Gasteiger partial charge in [-0.05, 0) is 28.1 Å². The zero-order chi connectivity index (χ0) is 11.4. The largest absolute Gasteiger partial charge is 0.338 e. The molecule has 0 atom stereocenters. The van der Waals surface area contributed by atoms with Gasteiger partial charge in [-0.3, -0.25) is 4.79 Å². The summed E-state index contributed by atoms with van der Waals surface area (Å²) in [6, 6.07) is 4.45. The molecule has 0 heterocycles. The van der Waals surface area contributed by atoms with Crippen LogP contribution in [0.5, 0.6) is 0 Å². The van der Waals surface area contributed by atoms with Crippen molar-refractivity contribution >= 4 is 21.8 Å². The predicted octanol–water partition coefficient (Wildman–Crippen LogP) is 2.85. The van der Waals surface area contributed by atoms with E-state index < -0.39 is 5.82 Å². The molecular weight excluding hydrogens is 261 g/mol. The van der Waals surface area contributed by atoms with Crippen molar-refractivity contribution in [3.8, 4) is 0 Å². The predicted molar refractivity (Wildman–Crippen MR) is 61.3 cm³/mol. The molecule has 0 radical (unpaired) electrons. The van der Waals surface area contributed by atoms with E-state index >= 15 is 0 Å². The Morgan fingerprint density at radius 1 is 1.67 bits per heavy atom. The lowest BCUT2D eigenvalue weighted by Crippen LogP contribution is -2.27. The van der Waals surface area contributed by atoms with Crippen LogP contribution >= 0.6 is 15.9 Å². The summed E-state index contributed by atoms with van der Waals surface area (Å²) in [4.78, 5) is 13.2. The fourth-order valence-electron chi connectivity index (χ4n) is 1.17. The first-order chi connectivity index (χ1) is 7.07. The molecule has 1 rings (SSSR count). The smallest absolute Gasteiger partial charge is 0.258 e. The molecule has 0 aliphatic carbocycles. The van der Waals surface area contributed by atoms with Gasteiger partial charge in [-0.25, -0.2) is 4.39 Å². The molecule has 2 nitrogen and oxygen atoms in total. The van der Waals surface area contributed by atoms with Crippen molar-refractivity contribution in [3.05, 3.63) is 46.7 Å². The maximum Gasteiger partial charge on any atom is 0.258 e. The van der Waals surface area contributed by atoms with E-state index in [0.29, 0.717) is 11.0 Å². The molecule has 0 aliphatic rings. The highest BCUT2D eigenvalue weighted by Crippen LogP contribution is 2.20. The molecule has 1 aromatic carbocycles. The third kappa shape index (κ3) is 2.65. The molecule has 0 aliphatic heterocycles. The van der Waals surface area contributed by atoms with E-state index in [2.05, 4.69) is 22.5 Å². The number of halogens is 2. The monoisotopic (exact) mass is 271 g/mol. The van der Waals surface area contributed by atoms with Crippen molar-refractivity contribution in [2.45, 2.75) is 0 Å². The van der Waals surface area contributed by atoms with Gasteiger partial charge in [-0.1, -0.05) is 12.1 Å². The summed E-state index contributed by atoms with van der Waals surface area (Å²) in [5, 5.41) is 0. The summed E-state index contributed by atoms with van der Waals surface area (Å²) in [6.07, 6.45) is 1.59.